The average Bonchev–Trinajstić information content (AvgIpc) is 3.48. The van der Waals surface area contributed by atoms with E-state index >= 15 is 0 Å². The molecule has 1 N–H and O–H groups in total. The third kappa shape index (κ3) is 3.36. The molecule has 1 aromatic heterocycles. The molecule has 2 aliphatic rings. The lowest BCUT2D eigenvalue weighted by Crippen LogP contribution is -2.53. The standard InChI is InChI=1S/C20H25N5O/c1-16-5-2-3-6-17(16)20(7-8-20)15-23-19(26)25-13-11-24(12-14-25)18-21-9-4-10-22-18/h2-6,9-10H,7-8,11-15H2,1H3,(H,23,26). The fraction of sp³-hybridized carbons (Fsp3) is 0.450. The van der Waals surface area contributed by atoms with Crippen LogP contribution in [-0.4, -0.2) is 53.6 Å². The number of hydrogen-bond acceptors (Lipinski definition) is 4. The molecule has 1 saturated heterocycles. The Morgan fingerprint density at radius 1 is 1.08 bits per heavy atom. The van der Waals surface area contributed by atoms with Crippen LogP contribution in [0.4, 0.5) is 10.7 Å². The molecule has 1 aliphatic heterocycles. The van der Waals surface area contributed by atoms with Gasteiger partial charge in [0.2, 0.25) is 5.95 Å². The number of hydrogen-bond donors (Lipinski definition) is 1. The van der Waals surface area contributed by atoms with Gasteiger partial charge in [-0.05, 0) is 37.0 Å². The Morgan fingerprint density at radius 3 is 2.42 bits per heavy atom. The predicted molar refractivity (Wildman–Crippen MR) is 101 cm³/mol. The maximum Gasteiger partial charge on any atom is 0.317 e. The van der Waals surface area contributed by atoms with Gasteiger partial charge in [-0.1, -0.05) is 24.3 Å². The van der Waals surface area contributed by atoms with Crippen LogP contribution in [-0.2, 0) is 5.41 Å². The molecule has 0 spiro atoms. The molecule has 2 aromatic rings. The fourth-order valence-corrected chi connectivity index (χ4v) is 3.78. The van der Waals surface area contributed by atoms with E-state index in [1.165, 1.54) is 11.1 Å². The molecular formula is C20H25N5O. The smallest absolute Gasteiger partial charge is 0.317 e. The highest BCUT2D eigenvalue weighted by molar-refractivity contribution is 5.74. The summed E-state index contributed by atoms with van der Waals surface area (Å²) in [5, 5.41) is 3.17. The van der Waals surface area contributed by atoms with E-state index in [0.717, 1.165) is 38.4 Å². The average molecular weight is 351 g/mol. The number of aryl methyl sites for hydroxylation is 1. The van der Waals surface area contributed by atoms with Gasteiger partial charge >= 0.3 is 6.03 Å². The van der Waals surface area contributed by atoms with Crippen molar-refractivity contribution in [2.75, 3.05) is 37.6 Å². The SMILES string of the molecule is Cc1ccccc1C1(CNC(=O)N2CCN(c3ncccn3)CC2)CC1. The lowest BCUT2D eigenvalue weighted by Gasteiger charge is -2.35. The number of amides is 2. The number of carbonyl (C=O) groups excluding carboxylic acids is 1. The van der Waals surface area contributed by atoms with Crippen molar-refractivity contribution in [2.24, 2.45) is 0 Å². The van der Waals surface area contributed by atoms with Gasteiger partial charge in [0.05, 0.1) is 0 Å². The van der Waals surface area contributed by atoms with Crippen molar-refractivity contribution in [3.63, 3.8) is 0 Å². The van der Waals surface area contributed by atoms with Gasteiger partial charge in [-0.15, -0.1) is 0 Å². The summed E-state index contributed by atoms with van der Waals surface area (Å²) in [7, 11) is 0. The first-order valence-corrected chi connectivity index (χ1v) is 9.29. The highest BCUT2D eigenvalue weighted by atomic mass is 16.2. The maximum atomic E-state index is 12.6. The zero-order valence-corrected chi connectivity index (χ0v) is 15.2. The quantitative estimate of drug-likeness (QED) is 0.918. The molecular weight excluding hydrogens is 326 g/mol. The Hall–Kier alpha value is -2.63. The molecule has 6 heteroatoms. The minimum Gasteiger partial charge on any atom is -0.337 e. The minimum absolute atomic E-state index is 0.0403. The van der Waals surface area contributed by atoms with Crippen LogP contribution in [0.15, 0.2) is 42.7 Å². The van der Waals surface area contributed by atoms with Crippen LogP contribution in [0, 0.1) is 6.92 Å². The van der Waals surface area contributed by atoms with Gasteiger partial charge in [0.15, 0.2) is 0 Å². The summed E-state index contributed by atoms with van der Waals surface area (Å²) < 4.78 is 0. The predicted octanol–water partition coefficient (Wildman–Crippen LogP) is 2.35. The first kappa shape index (κ1) is 16.8. The molecule has 136 valence electrons. The topological polar surface area (TPSA) is 61.4 Å². The Bertz CT molecular complexity index is 767. The van der Waals surface area contributed by atoms with Crippen molar-refractivity contribution in [1.82, 2.24) is 20.2 Å². The molecule has 2 heterocycles. The summed E-state index contributed by atoms with van der Waals surface area (Å²) >= 11 is 0. The van der Waals surface area contributed by atoms with Crippen LogP contribution < -0.4 is 10.2 Å². The van der Waals surface area contributed by atoms with Gasteiger partial charge in [-0.2, -0.15) is 0 Å². The molecule has 4 rings (SSSR count). The van der Waals surface area contributed by atoms with Crippen molar-refractivity contribution in [3.05, 3.63) is 53.9 Å². The maximum absolute atomic E-state index is 12.6. The van der Waals surface area contributed by atoms with E-state index in [2.05, 4.69) is 51.4 Å². The number of aromatic nitrogens is 2. The van der Waals surface area contributed by atoms with Crippen LogP contribution in [0.3, 0.4) is 0 Å². The number of urea groups is 1. The van der Waals surface area contributed by atoms with Crippen LogP contribution in [0.5, 0.6) is 0 Å². The third-order valence-electron chi connectivity index (χ3n) is 5.55. The van der Waals surface area contributed by atoms with E-state index in [-0.39, 0.29) is 11.4 Å². The second-order valence-corrected chi connectivity index (χ2v) is 7.28. The number of nitrogens with one attached hydrogen (secondary N) is 1. The van der Waals surface area contributed by atoms with Crippen LogP contribution in [0.2, 0.25) is 0 Å². The Kier molecular flexibility index (Phi) is 4.49. The van der Waals surface area contributed by atoms with E-state index in [9.17, 15) is 4.79 Å². The largest absolute Gasteiger partial charge is 0.337 e. The summed E-state index contributed by atoms with van der Waals surface area (Å²) in [6.07, 6.45) is 5.80. The summed E-state index contributed by atoms with van der Waals surface area (Å²) in [6.45, 7) is 5.80. The van der Waals surface area contributed by atoms with Crippen molar-refractivity contribution >= 4 is 12.0 Å². The summed E-state index contributed by atoms with van der Waals surface area (Å²) in [5.74, 6) is 0.740. The van der Waals surface area contributed by atoms with Crippen molar-refractivity contribution < 1.29 is 4.79 Å². The van der Waals surface area contributed by atoms with E-state index in [4.69, 9.17) is 0 Å². The minimum atomic E-state index is 0.0403. The van der Waals surface area contributed by atoms with Crippen molar-refractivity contribution in [1.29, 1.82) is 0 Å². The molecule has 6 nitrogen and oxygen atoms in total. The summed E-state index contributed by atoms with van der Waals surface area (Å²) in [4.78, 5) is 25.2. The first-order valence-electron chi connectivity index (χ1n) is 9.29. The Balaban J connectivity index is 1.31. The van der Waals surface area contributed by atoms with Gasteiger partial charge in [-0.25, -0.2) is 14.8 Å². The van der Waals surface area contributed by atoms with Crippen LogP contribution >= 0.6 is 0 Å². The van der Waals surface area contributed by atoms with Gasteiger partial charge in [0.25, 0.3) is 0 Å². The second kappa shape index (κ2) is 6.94. The number of carbonyl (C=O) groups is 1. The van der Waals surface area contributed by atoms with E-state index in [0.29, 0.717) is 13.1 Å². The van der Waals surface area contributed by atoms with Crippen LogP contribution in [0.1, 0.15) is 24.0 Å². The zero-order valence-electron chi connectivity index (χ0n) is 15.2. The summed E-state index contributed by atoms with van der Waals surface area (Å²) in [5.41, 5.74) is 2.84. The van der Waals surface area contributed by atoms with Gasteiger partial charge < -0.3 is 15.1 Å². The molecule has 26 heavy (non-hydrogen) atoms. The normalized spacial score (nSPS) is 18.5. The lowest BCUT2D eigenvalue weighted by atomic mass is 9.92. The number of piperazine rings is 1. The molecule has 0 bridgehead atoms. The first-order chi connectivity index (χ1) is 12.7. The lowest BCUT2D eigenvalue weighted by molar-refractivity contribution is 0.193. The Morgan fingerprint density at radius 2 is 1.77 bits per heavy atom. The number of rotatable bonds is 4. The second-order valence-electron chi connectivity index (χ2n) is 7.28. The monoisotopic (exact) mass is 351 g/mol. The molecule has 0 radical (unpaired) electrons. The van der Waals surface area contributed by atoms with E-state index < -0.39 is 0 Å². The molecule has 2 amide bonds. The molecule has 1 saturated carbocycles. The molecule has 1 aromatic carbocycles. The molecule has 0 unspecified atom stereocenters. The summed E-state index contributed by atoms with van der Waals surface area (Å²) in [6, 6.07) is 10.4. The molecule has 0 atom stereocenters. The Labute approximate surface area is 154 Å². The van der Waals surface area contributed by atoms with Crippen molar-refractivity contribution in [2.45, 2.75) is 25.2 Å². The highest BCUT2D eigenvalue weighted by Crippen LogP contribution is 2.48. The van der Waals surface area contributed by atoms with E-state index in [1.807, 2.05) is 11.0 Å². The van der Waals surface area contributed by atoms with Gasteiger partial charge in [0, 0.05) is 50.5 Å². The zero-order chi connectivity index (χ0) is 18.0. The fourth-order valence-electron chi connectivity index (χ4n) is 3.78. The number of benzene rings is 1. The third-order valence-corrected chi connectivity index (χ3v) is 5.55. The van der Waals surface area contributed by atoms with E-state index in [1.54, 1.807) is 12.4 Å². The van der Waals surface area contributed by atoms with Gasteiger partial charge in [-0.3, -0.25) is 0 Å². The number of nitrogens with zero attached hydrogens (tertiary/aromatic N) is 4. The number of anilines is 1. The van der Waals surface area contributed by atoms with Crippen LogP contribution in [0.25, 0.3) is 0 Å². The molecule has 1 aliphatic carbocycles. The van der Waals surface area contributed by atoms with Crippen molar-refractivity contribution in [3.8, 4) is 0 Å². The highest BCUT2D eigenvalue weighted by Gasteiger charge is 2.45. The van der Waals surface area contributed by atoms with Gasteiger partial charge in [0.1, 0.15) is 0 Å². The molecule has 2 fully saturated rings.